The van der Waals surface area contributed by atoms with Gasteiger partial charge in [0.05, 0.1) is 10.7 Å². The van der Waals surface area contributed by atoms with Gasteiger partial charge in [-0.15, -0.1) is 6.42 Å². The number of rotatable bonds is 4. The van der Waals surface area contributed by atoms with Crippen LogP contribution < -0.4 is 5.32 Å². The van der Waals surface area contributed by atoms with E-state index in [2.05, 4.69) is 11.2 Å². The lowest BCUT2D eigenvalue weighted by atomic mass is 10.2. The Morgan fingerprint density at radius 2 is 2.35 bits per heavy atom. The molecule has 1 aromatic rings. The van der Waals surface area contributed by atoms with E-state index >= 15 is 0 Å². The third-order valence-electron chi connectivity index (χ3n) is 2.23. The number of anilines is 1. The lowest BCUT2D eigenvalue weighted by Crippen LogP contribution is -2.28. The fraction of sp³-hybridized carbons (Fsp3) is 0.308. The number of terminal acetylenes is 1. The molecule has 0 aromatic heterocycles. The summed E-state index contributed by atoms with van der Waals surface area (Å²) < 4.78 is 4.82. The maximum atomic E-state index is 11.5. The summed E-state index contributed by atoms with van der Waals surface area (Å²) in [5.74, 6) is 1.84. The van der Waals surface area contributed by atoms with Crippen LogP contribution in [0.1, 0.15) is 12.5 Å². The predicted octanol–water partition coefficient (Wildman–Crippen LogP) is 2.63. The molecule has 0 fully saturated rings. The second-order valence-corrected chi connectivity index (χ2v) is 4.02. The molecular formula is C13H14ClNO2. The van der Waals surface area contributed by atoms with Crippen molar-refractivity contribution >= 4 is 23.3 Å². The van der Waals surface area contributed by atoms with E-state index in [1.807, 2.05) is 19.1 Å². The number of carbonyl (C=O) groups excluding carboxylic acids is 1. The minimum atomic E-state index is -0.498. The molecule has 17 heavy (non-hydrogen) atoms. The standard InChI is InChI=1S/C13H14ClNO2/c1-4-8-17-13(16)10(3)15-12-9(2)6-5-7-11(12)14/h1,5-7,10,15H,8H2,2-3H3/t10-/m0/s1. The van der Waals surface area contributed by atoms with Crippen LogP contribution in [0.3, 0.4) is 0 Å². The van der Waals surface area contributed by atoms with E-state index in [9.17, 15) is 4.79 Å². The largest absolute Gasteiger partial charge is 0.451 e. The van der Waals surface area contributed by atoms with E-state index in [4.69, 9.17) is 22.8 Å². The fourth-order valence-electron chi connectivity index (χ4n) is 1.33. The van der Waals surface area contributed by atoms with Crippen LogP contribution in [0, 0.1) is 19.3 Å². The van der Waals surface area contributed by atoms with Crippen LogP contribution in [0.4, 0.5) is 5.69 Å². The monoisotopic (exact) mass is 251 g/mol. The Kier molecular flexibility index (Phi) is 4.86. The summed E-state index contributed by atoms with van der Waals surface area (Å²) in [6.45, 7) is 3.59. The molecule has 0 heterocycles. The van der Waals surface area contributed by atoms with Gasteiger partial charge in [-0.05, 0) is 25.5 Å². The van der Waals surface area contributed by atoms with Crippen LogP contribution in [-0.2, 0) is 9.53 Å². The highest BCUT2D eigenvalue weighted by Crippen LogP contribution is 2.25. The maximum absolute atomic E-state index is 11.5. The van der Waals surface area contributed by atoms with Crippen LogP contribution in [0.5, 0.6) is 0 Å². The molecule has 1 rings (SSSR count). The second kappa shape index (κ2) is 6.17. The smallest absolute Gasteiger partial charge is 0.329 e. The lowest BCUT2D eigenvalue weighted by Gasteiger charge is -2.16. The summed E-state index contributed by atoms with van der Waals surface area (Å²) in [5.41, 5.74) is 1.70. The molecule has 3 nitrogen and oxygen atoms in total. The number of hydrogen-bond donors (Lipinski definition) is 1. The van der Waals surface area contributed by atoms with Crippen molar-refractivity contribution in [2.24, 2.45) is 0 Å². The Hall–Kier alpha value is -1.66. The second-order valence-electron chi connectivity index (χ2n) is 3.61. The minimum Gasteiger partial charge on any atom is -0.451 e. The van der Waals surface area contributed by atoms with E-state index in [1.165, 1.54) is 0 Å². The summed E-state index contributed by atoms with van der Waals surface area (Å²) in [6.07, 6.45) is 5.01. The first kappa shape index (κ1) is 13.4. The Labute approximate surface area is 106 Å². The number of para-hydroxylation sites is 1. The predicted molar refractivity (Wildman–Crippen MR) is 69.1 cm³/mol. The van der Waals surface area contributed by atoms with Crippen LogP contribution in [0.25, 0.3) is 0 Å². The van der Waals surface area contributed by atoms with E-state index in [-0.39, 0.29) is 6.61 Å². The van der Waals surface area contributed by atoms with Gasteiger partial charge < -0.3 is 10.1 Å². The first-order valence-corrected chi connectivity index (χ1v) is 5.55. The van der Waals surface area contributed by atoms with Crippen molar-refractivity contribution in [1.29, 1.82) is 0 Å². The molecule has 1 N–H and O–H groups in total. The molecule has 0 saturated heterocycles. The highest BCUT2D eigenvalue weighted by atomic mass is 35.5. The number of esters is 1. The summed E-state index contributed by atoms with van der Waals surface area (Å²) in [6, 6.07) is 5.02. The highest BCUT2D eigenvalue weighted by molar-refractivity contribution is 6.33. The fourth-order valence-corrected chi connectivity index (χ4v) is 1.60. The molecule has 0 radical (unpaired) electrons. The van der Waals surface area contributed by atoms with Gasteiger partial charge in [0.1, 0.15) is 6.04 Å². The normalized spacial score (nSPS) is 11.4. The number of aryl methyl sites for hydroxylation is 1. The van der Waals surface area contributed by atoms with Gasteiger partial charge in [-0.1, -0.05) is 29.7 Å². The van der Waals surface area contributed by atoms with Crippen LogP contribution in [-0.4, -0.2) is 18.6 Å². The SMILES string of the molecule is C#CCOC(=O)[C@H](C)Nc1c(C)cccc1Cl. The zero-order valence-corrected chi connectivity index (χ0v) is 10.5. The van der Waals surface area contributed by atoms with Gasteiger partial charge in [-0.25, -0.2) is 4.79 Å². The van der Waals surface area contributed by atoms with E-state index < -0.39 is 12.0 Å². The van der Waals surface area contributed by atoms with Gasteiger partial charge in [0.2, 0.25) is 0 Å². The van der Waals surface area contributed by atoms with Gasteiger partial charge >= 0.3 is 5.97 Å². The molecule has 0 aliphatic carbocycles. The van der Waals surface area contributed by atoms with Crippen molar-refractivity contribution in [2.75, 3.05) is 11.9 Å². The number of nitrogens with one attached hydrogen (secondary N) is 1. The topological polar surface area (TPSA) is 38.3 Å². The number of benzene rings is 1. The van der Waals surface area contributed by atoms with Crippen molar-refractivity contribution in [3.05, 3.63) is 28.8 Å². The summed E-state index contributed by atoms with van der Waals surface area (Å²) in [7, 11) is 0. The molecule has 1 aromatic carbocycles. The van der Waals surface area contributed by atoms with Crippen molar-refractivity contribution in [1.82, 2.24) is 0 Å². The van der Waals surface area contributed by atoms with Gasteiger partial charge in [0.25, 0.3) is 0 Å². The molecular weight excluding hydrogens is 238 g/mol. The molecule has 1 atom stereocenters. The molecule has 0 saturated carbocycles. The van der Waals surface area contributed by atoms with E-state index in [0.29, 0.717) is 5.02 Å². The maximum Gasteiger partial charge on any atom is 0.329 e. The number of hydrogen-bond acceptors (Lipinski definition) is 3. The van der Waals surface area contributed by atoms with Gasteiger partial charge in [-0.3, -0.25) is 0 Å². The average Bonchev–Trinajstić information content (AvgIpc) is 2.30. The molecule has 90 valence electrons. The third-order valence-corrected chi connectivity index (χ3v) is 2.55. The van der Waals surface area contributed by atoms with Crippen LogP contribution in [0.2, 0.25) is 5.02 Å². The third kappa shape index (κ3) is 3.69. The zero-order valence-electron chi connectivity index (χ0n) is 9.79. The lowest BCUT2D eigenvalue weighted by molar-refractivity contribution is -0.142. The number of halogens is 1. The van der Waals surface area contributed by atoms with E-state index in [1.54, 1.807) is 13.0 Å². The average molecular weight is 252 g/mol. The minimum absolute atomic E-state index is 0.0215. The quantitative estimate of drug-likeness (QED) is 0.660. The van der Waals surface area contributed by atoms with E-state index in [0.717, 1.165) is 11.3 Å². The first-order valence-electron chi connectivity index (χ1n) is 5.18. The number of carbonyl (C=O) groups is 1. The summed E-state index contributed by atoms with van der Waals surface area (Å²) in [5, 5.41) is 3.58. The van der Waals surface area contributed by atoms with Gasteiger partial charge in [0.15, 0.2) is 6.61 Å². The Morgan fingerprint density at radius 1 is 1.65 bits per heavy atom. The molecule has 0 unspecified atom stereocenters. The van der Waals surface area contributed by atoms with Crippen molar-refractivity contribution in [3.63, 3.8) is 0 Å². The highest BCUT2D eigenvalue weighted by Gasteiger charge is 2.15. The molecule has 0 aliphatic rings. The zero-order chi connectivity index (χ0) is 12.8. The van der Waals surface area contributed by atoms with Crippen molar-refractivity contribution in [3.8, 4) is 12.3 Å². The van der Waals surface area contributed by atoms with Gasteiger partial charge in [-0.2, -0.15) is 0 Å². The summed E-state index contributed by atoms with van der Waals surface area (Å²) in [4.78, 5) is 11.5. The molecule has 0 bridgehead atoms. The van der Waals surface area contributed by atoms with Crippen LogP contribution in [0.15, 0.2) is 18.2 Å². The van der Waals surface area contributed by atoms with Crippen molar-refractivity contribution < 1.29 is 9.53 Å². The molecule has 4 heteroatoms. The van der Waals surface area contributed by atoms with Crippen molar-refractivity contribution in [2.45, 2.75) is 19.9 Å². The Morgan fingerprint density at radius 3 is 2.94 bits per heavy atom. The number of ether oxygens (including phenoxy) is 1. The first-order chi connectivity index (χ1) is 8.06. The molecule has 0 amide bonds. The molecule has 0 aliphatic heterocycles. The van der Waals surface area contributed by atoms with Crippen LogP contribution >= 0.6 is 11.6 Å². The van der Waals surface area contributed by atoms with Gasteiger partial charge in [0, 0.05) is 0 Å². The Bertz CT molecular complexity index is 431. The molecule has 0 spiro atoms. The Balaban J connectivity index is 2.71. The summed E-state index contributed by atoms with van der Waals surface area (Å²) >= 11 is 6.04.